The molecule has 0 aliphatic rings. The van der Waals surface area contributed by atoms with E-state index in [-0.39, 0.29) is 16.5 Å². The standard InChI is InChI=1S/C16H13ClN2O2S2/c17-13-4-1-2-6-16(13)23(20,21)19-11-12-7-8-18-14(10-12)15-5-3-9-22-15/h1-10,19H,11H2. The van der Waals surface area contributed by atoms with E-state index >= 15 is 0 Å². The molecule has 3 rings (SSSR count). The van der Waals surface area contributed by atoms with Crippen molar-refractivity contribution in [2.45, 2.75) is 11.4 Å². The van der Waals surface area contributed by atoms with Crippen LogP contribution in [0.5, 0.6) is 0 Å². The first-order chi connectivity index (χ1) is 11.1. The van der Waals surface area contributed by atoms with Crippen LogP contribution in [0, 0.1) is 0 Å². The van der Waals surface area contributed by atoms with E-state index in [9.17, 15) is 8.42 Å². The molecule has 118 valence electrons. The summed E-state index contributed by atoms with van der Waals surface area (Å²) in [5, 5.41) is 2.18. The number of thiophene rings is 1. The first kappa shape index (κ1) is 16.1. The number of nitrogens with zero attached hydrogens (tertiary/aromatic N) is 1. The number of benzene rings is 1. The molecule has 4 nitrogen and oxygen atoms in total. The number of hydrogen-bond acceptors (Lipinski definition) is 4. The van der Waals surface area contributed by atoms with Crippen LogP contribution < -0.4 is 4.72 Å². The van der Waals surface area contributed by atoms with Gasteiger partial charge in [0.05, 0.1) is 15.6 Å². The molecule has 0 aliphatic carbocycles. The van der Waals surface area contributed by atoms with Gasteiger partial charge in [-0.15, -0.1) is 11.3 Å². The van der Waals surface area contributed by atoms with E-state index in [1.165, 1.54) is 6.07 Å². The number of nitrogens with one attached hydrogen (secondary N) is 1. The van der Waals surface area contributed by atoms with Gasteiger partial charge in [0.25, 0.3) is 0 Å². The Morgan fingerprint density at radius 1 is 1.13 bits per heavy atom. The van der Waals surface area contributed by atoms with E-state index < -0.39 is 10.0 Å². The molecular weight excluding hydrogens is 352 g/mol. The molecule has 3 aromatic rings. The summed E-state index contributed by atoms with van der Waals surface area (Å²) in [6.07, 6.45) is 1.67. The van der Waals surface area contributed by atoms with Gasteiger partial charge in [0.15, 0.2) is 0 Å². The van der Waals surface area contributed by atoms with Crippen molar-refractivity contribution >= 4 is 33.0 Å². The minimum atomic E-state index is -3.66. The maximum atomic E-state index is 12.3. The zero-order valence-corrected chi connectivity index (χ0v) is 14.3. The van der Waals surface area contributed by atoms with Gasteiger partial charge < -0.3 is 0 Å². The lowest BCUT2D eigenvalue weighted by Crippen LogP contribution is -2.23. The average molecular weight is 365 g/mol. The van der Waals surface area contributed by atoms with Crippen molar-refractivity contribution in [2.24, 2.45) is 0 Å². The summed E-state index contributed by atoms with van der Waals surface area (Å²) in [5.41, 5.74) is 1.66. The number of halogens is 1. The number of rotatable bonds is 5. The molecule has 0 amide bonds. The van der Waals surface area contributed by atoms with Crippen LogP contribution in [-0.4, -0.2) is 13.4 Å². The molecule has 0 radical (unpaired) electrons. The van der Waals surface area contributed by atoms with Gasteiger partial charge in [-0.1, -0.05) is 29.8 Å². The van der Waals surface area contributed by atoms with E-state index in [1.807, 2.05) is 23.6 Å². The number of aromatic nitrogens is 1. The molecule has 0 atom stereocenters. The first-order valence-corrected chi connectivity index (χ1v) is 9.53. The van der Waals surface area contributed by atoms with Crippen molar-refractivity contribution in [1.29, 1.82) is 0 Å². The molecule has 23 heavy (non-hydrogen) atoms. The Morgan fingerprint density at radius 2 is 1.96 bits per heavy atom. The Labute approximate surface area is 143 Å². The van der Waals surface area contributed by atoms with Crippen LogP contribution in [0.1, 0.15) is 5.56 Å². The van der Waals surface area contributed by atoms with Crippen molar-refractivity contribution in [3.05, 3.63) is 70.7 Å². The monoisotopic (exact) mass is 364 g/mol. The highest BCUT2D eigenvalue weighted by Gasteiger charge is 2.17. The molecule has 0 aliphatic heterocycles. The van der Waals surface area contributed by atoms with Crippen LogP contribution in [0.15, 0.2) is 65.0 Å². The highest BCUT2D eigenvalue weighted by Crippen LogP contribution is 2.24. The van der Waals surface area contributed by atoms with Gasteiger partial charge in [-0.3, -0.25) is 4.98 Å². The van der Waals surface area contributed by atoms with Crippen molar-refractivity contribution in [2.75, 3.05) is 0 Å². The van der Waals surface area contributed by atoms with Gasteiger partial charge >= 0.3 is 0 Å². The maximum Gasteiger partial charge on any atom is 0.242 e. The molecule has 0 saturated carbocycles. The van der Waals surface area contributed by atoms with Gasteiger partial charge in [-0.2, -0.15) is 0 Å². The zero-order valence-electron chi connectivity index (χ0n) is 11.9. The molecule has 0 fully saturated rings. The second-order valence-corrected chi connectivity index (χ2v) is 7.87. The van der Waals surface area contributed by atoms with Crippen LogP contribution in [0.3, 0.4) is 0 Å². The van der Waals surface area contributed by atoms with Crippen molar-refractivity contribution in [3.8, 4) is 10.6 Å². The van der Waals surface area contributed by atoms with E-state index in [2.05, 4.69) is 9.71 Å². The predicted octanol–water partition coefficient (Wildman–Crippen LogP) is 3.94. The highest BCUT2D eigenvalue weighted by molar-refractivity contribution is 7.89. The second kappa shape index (κ2) is 6.80. The van der Waals surface area contributed by atoms with E-state index in [1.54, 1.807) is 41.8 Å². The Kier molecular flexibility index (Phi) is 4.77. The van der Waals surface area contributed by atoms with Gasteiger partial charge in [-0.25, -0.2) is 13.1 Å². The summed E-state index contributed by atoms with van der Waals surface area (Å²) in [4.78, 5) is 5.43. The van der Waals surface area contributed by atoms with Crippen LogP contribution in [-0.2, 0) is 16.6 Å². The van der Waals surface area contributed by atoms with Gasteiger partial charge in [0.1, 0.15) is 4.90 Å². The number of hydrogen-bond donors (Lipinski definition) is 1. The summed E-state index contributed by atoms with van der Waals surface area (Å²) < 4.78 is 27.2. The Hall–Kier alpha value is -1.73. The second-order valence-electron chi connectivity index (χ2n) is 4.78. The fourth-order valence-electron chi connectivity index (χ4n) is 2.06. The number of pyridine rings is 1. The van der Waals surface area contributed by atoms with Crippen molar-refractivity contribution in [3.63, 3.8) is 0 Å². The summed E-state index contributed by atoms with van der Waals surface area (Å²) in [5.74, 6) is 0. The van der Waals surface area contributed by atoms with E-state index in [0.717, 1.165) is 16.1 Å². The molecule has 2 heterocycles. The average Bonchev–Trinajstić information content (AvgIpc) is 3.08. The first-order valence-electron chi connectivity index (χ1n) is 6.79. The minimum Gasteiger partial charge on any atom is -0.255 e. The normalized spacial score (nSPS) is 11.5. The summed E-state index contributed by atoms with van der Waals surface area (Å²) in [7, 11) is -3.66. The third kappa shape index (κ3) is 3.79. The molecule has 0 saturated heterocycles. The van der Waals surface area contributed by atoms with Crippen LogP contribution in [0.25, 0.3) is 10.6 Å². The third-order valence-corrected chi connectivity index (χ3v) is 5.98. The Morgan fingerprint density at radius 3 is 2.70 bits per heavy atom. The molecule has 1 N–H and O–H groups in total. The molecule has 0 spiro atoms. The smallest absolute Gasteiger partial charge is 0.242 e. The zero-order chi connectivity index (χ0) is 16.3. The molecule has 2 aromatic heterocycles. The van der Waals surface area contributed by atoms with Gasteiger partial charge in [-0.05, 0) is 41.3 Å². The van der Waals surface area contributed by atoms with Crippen molar-refractivity contribution in [1.82, 2.24) is 9.71 Å². The summed E-state index contributed by atoms with van der Waals surface area (Å²) >= 11 is 7.54. The number of sulfonamides is 1. The lowest BCUT2D eigenvalue weighted by Gasteiger charge is -2.09. The van der Waals surface area contributed by atoms with Gasteiger partial charge in [0.2, 0.25) is 10.0 Å². The predicted molar refractivity (Wildman–Crippen MR) is 93.0 cm³/mol. The van der Waals surface area contributed by atoms with Crippen LogP contribution in [0.4, 0.5) is 0 Å². The Balaban J connectivity index is 1.78. The molecule has 0 unspecified atom stereocenters. The van der Waals surface area contributed by atoms with Crippen molar-refractivity contribution < 1.29 is 8.42 Å². The largest absolute Gasteiger partial charge is 0.255 e. The molecule has 7 heteroatoms. The SMILES string of the molecule is O=S(=O)(NCc1ccnc(-c2cccs2)c1)c1ccccc1Cl. The summed E-state index contributed by atoms with van der Waals surface area (Å²) in [6, 6.07) is 14.0. The molecular formula is C16H13ClN2O2S2. The van der Waals surface area contributed by atoms with E-state index in [0.29, 0.717) is 0 Å². The fraction of sp³-hybridized carbons (Fsp3) is 0.0625. The quantitative estimate of drug-likeness (QED) is 0.745. The third-order valence-electron chi connectivity index (χ3n) is 3.19. The van der Waals surface area contributed by atoms with Gasteiger partial charge in [0, 0.05) is 12.7 Å². The van der Waals surface area contributed by atoms with Crippen LogP contribution in [0.2, 0.25) is 5.02 Å². The lowest BCUT2D eigenvalue weighted by molar-refractivity contribution is 0.581. The van der Waals surface area contributed by atoms with E-state index in [4.69, 9.17) is 11.6 Å². The molecule has 1 aromatic carbocycles. The molecule has 0 bridgehead atoms. The van der Waals surface area contributed by atoms with Crippen LogP contribution >= 0.6 is 22.9 Å². The maximum absolute atomic E-state index is 12.3. The lowest BCUT2D eigenvalue weighted by atomic mass is 10.2. The Bertz CT molecular complexity index is 909. The fourth-order valence-corrected chi connectivity index (χ4v) is 4.29. The minimum absolute atomic E-state index is 0.0780. The topological polar surface area (TPSA) is 59.1 Å². The summed E-state index contributed by atoms with van der Waals surface area (Å²) in [6.45, 7) is 0.175. The highest BCUT2D eigenvalue weighted by atomic mass is 35.5.